The fraction of sp³-hybridized carbons (Fsp3) is 0.250. The van der Waals surface area contributed by atoms with Crippen molar-refractivity contribution < 1.29 is 14.3 Å². The van der Waals surface area contributed by atoms with Gasteiger partial charge in [0.1, 0.15) is 5.76 Å². The minimum atomic E-state index is -0.303. The lowest BCUT2D eigenvalue weighted by molar-refractivity contribution is -0.126. The molecule has 5 heteroatoms. The highest BCUT2D eigenvalue weighted by atomic mass is 32.2. The average molecular weight is 301 g/mol. The number of nitrogens with one attached hydrogen (secondary N) is 1. The molecule has 1 aromatic carbocycles. The molecule has 0 atom stereocenters. The first-order chi connectivity index (χ1) is 10.2. The van der Waals surface area contributed by atoms with Crippen LogP contribution in [0.15, 0.2) is 35.2 Å². The molecule has 1 heterocycles. The molecule has 3 rings (SSSR count). The van der Waals surface area contributed by atoms with Crippen LogP contribution >= 0.6 is 11.8 Å². The number of ether oxygens (including phenoxy) is 1. The monoisotopic (exact) mass is 301 g/mol. The standard InChI is InChI=1S/C16H15NO3S/c1-20-13-7-6-10(11-4-2-3-5-12(11)13)8-14-16(19)17-15(18)9-21-14/h2-5,8H,6-7,9H2,1H3,(H,17,18,19)/b14-8-. The van der Waals surface area contributed by atoms with E-state index in [1.54, 1.807) is 7.11 Å². The Labute approximate surface area is 126 Å². The Bertz CT molecular complexity index is 764. The van der Waals surface area contributed by atoms with Gasteiger partial charge in [0.25, 0.3) is 5.91 Å². The van der Waals surface area contributed by atoms with Crippen molar-refractivity contribution in [3.05, 3.63) is 45.7 Å². The van der Waals surface area contributed by atoms with E-state index in [4.69, 9.17) is 4.74 Å². The zero-order valence-electron chi connectivity index (χ0n) is 11.6. The van der Waals surface area contributed by atoms with Crippen LogP contribution in [0.2, 0.25) is 0 Å². The molecule has 1 aromatic rings. The summed E-state index contributed by atoms with van der Waals surface area (Å²) in [6.07, 6.45) is 3.54. The van der Waals surface area contributed by atoms with E-state index in [2.05, 4.69) is 5.32 Å². The van der Waals surface area contributed by atoms with Crippen molar-refractivity contribution in [2.24, 2.45) is 0 Å². The second-order valence-corrected chi connectivity index (χ2v) is 5.89. The van der Waals surface area contributed by atoms with Crippen LogP contribution in [0.5, 0.6) is 0 Å². The normalized spacial score (nSPS) is 20.3. The molecular weight excluding hydrogens is 286 g/mol. The summed E-state index contributed by atoms with van der Waals surface area (Å²) >= 11 is 1.29. The molecule has 0 radical (unpaired) electrons. The van der Waals surface area contributed by atoms with E-state index in [0.29, 0.717) is 10.7 Å². The highest BCUT2D eigenvalue weighted by molar-refractivity contribution is 8.04. The number of allylic oxidation sites excluding steroid dienone is 1. The smallest absolute Gasteiger partial charge is 0.264 e. The molecule has 0 spiro atoms. The van der Waals surface area contributed by atoms with Crippen molar-refractivity contribution in [2.45, 2.75) is 12.8 Å². The van der Waals surface area contributed by atoms with Crippen molar-refractivity contribution >= 4 is 34.9 Å². The third-order valence-electron chi connectivity index (χ3n) is 3.58. The summed E-state index contributed by atoms with van der Waals surface area (Å²) in [4.78, 5) is 23.6. The number of methoxy groups -OCH3 is 1. The molecule has 4 nitrogen and oxygen atoms in total. The Hall–Kier alpha value is -2.01. The van der Waals surface area contributed by atoms with Gasteiger partial charge >= 0.3 is 0 Å². The lowest BCUT2D eigenvalue weighted by atomic mass is 9.97. The van der Waals surface area contributed by atoms with Gasteiger partial charge in [0.05, 0.1) is 17.8 Å². The van der Waals surface area contributed by atoms with E-state index in [-0.39, 0.29) is 11.8 Å². The molecule has 0 unspecified atom stereocenters. The average Bonchev–Trinajstić information content (AvgIpc) is 2.50. The minimum absolute atomic E-state index is 0.230. The second-order valence-electron chi connectivity index (χ2n) is 4.87. The zero-order valence-corrected chi connectivity index (χ0v) is 12.5. The Morgan fingerprint density at radius 3 is 2.67 bits per heavy atom. The van der Waals surface area contributed by atoms with Gasteiger partial charge in [-0.2, -0.15) is 0 Å². The molecule has 2 amide bonds. The predicted molar refractivity (Wildman–Crippen MR) is 82.4 cm³/mol. The van der Waals surface area contributed by atoms with E-state index in [0.717, 1.165) is 34.6 Å². The van der Waals surface area contributed by atoms with Gasteiger partial charge in [0.15, 0.2) is 0 Å². The van der Waals surface area contributed by atoms with Crippen molar-refractivity contribution in [3.63, 3.8) is 0 Å². The Morgan fingerprint density at radius 2 is 1.95 bits per heavy atom. The summed E-state index contributed by atoms with van der Waals surface area (Å²) in [5.41, 5.74) is 1.11. The third-order valence-corrected chi connectivity index (χ3v) is 4.60. The van der Waals surface area contributed by atoms with Gasteiger partial charge in [-0.25, -0.2) is 0 Å². The molecule has 0 saturated carbocycles. The van der Waals surface area contributed by atoms with Crippen LogP contribution in [0.4, 0.5) is 0 Å². The van der Waals surface area contributed by atoms with Crippen LogP contribution in [0.3, 0.4) is 0 Å². The fourth-order valence-corrected chi connectivity index (χ4v) is 3.35. The van der Waals surface area contributed by atoms with Crippen LogP contribution in [0.25, 0.3) is 11.3 Å². The van der Waals surface area contributed by atoms with Gasteiger partial charge in [-0.15, -0.1) is 11.8 Å². The Kier molecular flexibility index (Phi) is 3.84. The zero-order chi connectivity index (χ0) is 14.8. The highest BCUT2D eigenvalue weighted by Crippen LogP contribution is 2.24. The molecule has 1 aliphatic heterocycles. The summed E-state index contributed by atoms with van der Waals surface area (Å²) in [6.45, 7) is 0. The number of carbonyl (C=O) groups excluding carboxylic acids is 2. The number of imide groups is 1. The molecule has 1 aliphatic carbocycles. The van der Waals surface area contributed by atoms with Gasteiger partial charge in [0.2, 0.25) is 5.91 Å². The summed E-state index contributed by atoms with van der Waals surface area (Å²) in [6, 6.07) is 8.03. The Morgan fingerprint density at radius 1 is 1.19 bits per heavy atom. The van der Waals surface area contributed by atoms with Gasteiger partial charge < -0.3 is 4.74 Å². The topological polar surface area (TPSA) is 55.4 Å². The fourth-order valence-electron chi connectivity index (χ4n) is 2.58. The number of fused-ring (bicyclic) bond motifs is 1. The first-order valence-electron chi connectivity index (χ1n) is 6.73. The first-order valence-corrected chi connectivity index (χ1v) is 7.71. The maximum absolute atomic E-state index is 11.8. The summed E-state index contributed by atoms with van der Waals surface area (Å²) in [5, 5.41) is 4.53. The van der Waals surface area contributed by atoms with Crippen molar-refractivity contribution in [3.8, 4) is 0 Å². The summed E-state index contributed by atoms with van der Waals surface area (Å²) in [5.74, 6) is 0.736. The van der Waals surface area contributed by atoms with E-state index in [1.165, 1.54) is 11.8 Å². The van der Waals surface area contributed by atoms with Crippen molar-refractivity contribution in [2.75, 3.05) is 12.9 Å². The van der Waals surface area contributed by atoms with Gasteiger partial charge in [-0.3, -0.25) is 14.9 Å². The number of benzene rings is 1. The summed E-state index contributed by atoms with van der Waals surface area (Å²) < 4.78 is 5.44. The molecule has 1 saturated heterocycles. The largest absolute Gasteiger partial charge is 0.500 e. The Balaban J connectivity index is 2.12. The third kappa shape index (κ3) is 2.74. The van der Waals surface area contributed by atoms with Gasteiger partial charge in [0, 0.05) is 11.6 Å². The van der Waals surface area contributed by atoms with E-state index in [1.807, 2.05) is 30.3 Å². The van der Waals surface area contributed by atoms with Gasteiger partial charge in [-0.05, 0) is 23.3 Å². The number of hydrogen-bond acceptors (Lipinski definition) is 4. The molecule has 0 bridgehead atoms. The van der Waals surface area contributed by atoms with Crippen LogP contribution in [0, 0.1) is 0 Å². The van der Waals surface area contributed by atoms with Crippen LogP contribution < -0.4 is 15.8 Å². The lowest BCUT2D eigenvalue weighted by Crippen LogP contribution is -2.37. The van der Waals surface area contributed by atoms with Crippen LogP contribution in [-0.4, -0.2) is 24.7 Å². The molecule has 2 aliphatic rings. The number of amides is 2. The quantitative estimate of drug-likeness (QED) is 0.644. The molecule has 1 N–H and O–H groups in total. The maximum atomic E-state index is 11.8. The maximum Gasteiger partial charge on any atom is 0.264 e. The van der Waals surface area contributed by atoms with Crippen LogP contribution in [0.1, 0.15) is 12.8 Å². The predicted octanol–water partition coefficient (Wildman–Crippen LogP) is 0.659. The van der Waals surface area contributed by atoms with Crippen molar-refractivity contribution in [1.82, 2.24) is 5.32 Å². The number of hydrogen-bond donors (Lipinski definition) is 1. The molecule has 0 aromatic heterocycles. The number of carbonyl (C=O) groups is 2. The van der Waals surface area contributed by atoms with Crippen LogP contribution in [-0.2, 0) is 14.3 Å². The summed E-state index contributed by atoms with van der Waals surface area (Å²) in [7, 11) is 1.69. The number of thioether (sulfide) groups is 1. The van der Waals surface area contributed by atoms with Crippen molar-refractivity contribution in [1.29, 1.82) is 0 Å². The molecule has 108 valence electrons. The van der Waals surface area contributed by atoms with E-state index in [9.17, 15) is 9.59 Å². The van der Waals surface area contributed by atoms with E-state index < -0.39 is 0 Å². The highest BCUT2D eigenvalue weighted by Gasteiger charge is 2.21. The minimum Gasteiger partial charge on any atom is -0.500 e. The number of rotatable bonds is 2. The molecule has 21 heavy (non-hydrogen) atoms. The van der Waals surface area contributed by atoms with Gasteiger partial charge in [-0.1, -0.05) is 24.3 Å². The SMILES string of the molecule is COC1=c2ccccc2=C(/C=C2\SCC(=O)NC2=O)CC1. The van der Waals surface area contributed by atoms with E-state index >= 15 is 0 Å². The lowest BCUT2D eigenvalue weighted by Gasteiger charge is -2.17. The first kappa shape index (κ1) is 13.9. The molecular formula is C16H15NO3S. The second kappa shape index (κ2) is 5.77. The molecule has 1 fully saturated rings.